The number of nitrogens with one attached hydrogen (secondary N) is 1. The van der Waals surface area contributed by atoms with Crippen molar-refractivity contribution in [3.63, 3.8) is 0 Å². The molecule has 0 unspecified atom stereocenters. The molecule has 0 fully saturated rings. The van der Waals surface area contributed by atoms with E-state index in [1.807, 2.05) is 10.9 Å². The van der Waals surface area contributed by atoms with E-state index in [1.54, 1.807) is 0 Å². The van der Waals surface area contributed by atoms with Crippen LogP contribution >= 0.6 is 0 Å². The molecule has 0 saturated heterocycles. The Balaban J connectivity index is 2.06. The zero-order valence-corrected chi connectivity index (χ0v) is 13.9. The third kappa shape index (κ3) is 4.18. The summed E-state index contributed by atoms with van der Waals surface area (Å²) in [4.78, 5) is 0. The van der Waals surface area contributed by atoms with Gasteiger partial charge >= 0.3 is 0 Å². The summed E-state index contributed by atoms with van der Waals surface area (Å²) in [6.45, 7) is 11.9. The number of aromatic nitrogens is 2. The zero-order chi connectivity index (χ0) is 15.4. The van der Waals surface area contributed by atoms with Gasteiger partial charge in [-0.3, -0.25) is 0 Å². The van der Waals surface area contributed by atoms with Gasteiger partial charge < -0.3 is 5.32 Å². The molecule has 0 aliphatic rings. The van der Waals surface area contributed by atoms with Crippen LogP contribution in [0.5, 0.6) is 0 Å². The van der Waals surface area contributed by atoms with Crippen molar-refractivity contribution in [2.24, 2.45) is 0 Å². The highest BCUT2D eigenvalue weighted by Gasteiger charge is 2.08. The quantitative estimate of drug-likeness (QED) is 0.820. The van der Waals surface area contributed by atoms with E-state index in [-0.39, 0.29) is 0 Å². The van der Waals surface area contributed by atoms with Crippen LogP contribution in [0.15, 0.2) is 24.5 Å². The fourth-order valence-electron chi connectivity index (χ4n) is 2.83. The summed E-state index contributed by atoms with van der Waals surface area (Å²) in [5, 5.41) is 8.00. The lowest BCUT2D eigenvalue weighted by molar-refractivity contribution is 0.570. The first-order valence-corrected chi connectivity index (χ1v) is 7.82. The fourth-order valence-corrected chi connectivity index (χ4v) is 2.83. The Morgan fingerprint density at radius 3 is 2.43 bits per heavy atom. The van der Waals surface area contributed by atoms with Crippen molar-refractivity contribution < 1.29 is 0 Å². The van der Waals surface area contributed by atoms with Gasteiger partial charge in [0.15, 0.2) is 0 Å². The van der Waals surface area contributed by atoms with Crippen LogP contribution in [0.4, 0.5) is 0 Å². The molecule has 3 heteroatoms. The van der Waals surface area contributed by atoms with Crippen molar-refractivity contribution in [1.29, 1.82) is 0 Å². The van der Waals surface area contributed by atoms with E-state index in [0.717, 1.165) is 19.4 Å². The highest BCUT2D eigenvalue weighted by molar-refractivity contribution is 5.48. The molecular formula is C18H27N3. The van der Waals surface area contributed by atoms with Gasteiger partial charge in [0, 0.05) is 12.2 Å². The minimum absolute atomic E-state index is 0.561. The number of rotatable bonds is 6. The monoisotopic (exact) mass is 285 g/mol. The van der Waals surface area contributed by atoms with Crippen molar-refractivity contribution >= 4 is 0 Å². The van der Waals surface area contributed by atoms with Crippen LogP contribution in [0.3, 0.4) is 0 Å². The van der Waals surface area contributed by atoms with Gasteiger partial charge in [0.05, 0.1) is 11.9 Å². The molecule has 1 heterocycles. The Kier molecular flexibility index (Phi) is 5.18. The molecule has 0 atom stereocenters. The lowest BCUT2D eigenvalue weighted by Gasteiger charge is -2.11. The van der Waals surface area contributed by atoms with Crippen molar-refractivity contribution in [1.82, 2.24) is 15.1 Å². The van der Waals surface area contributed by atoms with E-state index in [0.29, 0.717) is 6.04 Å². The molecule has 1 aromatic heterocycles. The number of aryl methyl sites for hydroxylation is 4. The molecule has 0 aliphatic carbocycles. The van der Waals surface area contributed by atoms with Gasteiger partial charge in [0.25, 0.3) is 0 Å². The fraction of sp³-hybridized carbons (Fsp3) is 0.500. The highest BCUT2D eigenvalue weighted by atomic mass is 15.3. The first kappa shape index (κ1) is 15.8. The van der Waals surface area contributed by atoms with Crippen LogP contribution in [-0.2, 0) is 6.42 Å². The van der Waals surface area contributed by atoms with Crippen molar-refractivity contribution in [2.45, 2.75) is 53.5 Å². The van der Waals surface area contributed by atoms with Crippen LogP contribution in [0.1, 0.15) is 42.5 Å². The molecule has 1 N–H and O–H groups in total. The Hall–Kier alpha value is -1.61. The van der Waals surface area contributed by atoms with E-state index >= 15 is 0 Å². The average molecular weight is 285 g/mol. The summed E-state index contributed by atoms with van der Waals surface area (Å²) in [5.41, 5.74) is 6.39. The molecule has 2 aromatic rings. The topological polar surface area (TPSA) is 29.9 Å². The van der Waals surface area contributed by atoms with Crippen molar-refractivity contribution in [3.8, 4) is 5.69 Å². The Morgan fingerprint density at radius 2 is 1.81 bits per heavy atom. The third-order valence-corrected chi connectivity index (χ3v) is 3.70. The Morgan fingerprint density at radius 1 is 1.14 bits per heavy atom. The van der Waals surface area contributed by atoms with Crippen LogP contribution in [0.2, 0.25) is 0 Å². The maximum absolute atomic E-state index is 4.55. The zero-order valence-electron chi connectivity index (χ0n) is 13.9. The molecule has 1 aromatic carbocycles. The van der Waals surface area contributed by atoms with E-state index in [4.69, 9.17) is 0 Å². The standard InChI is InChI=1S/C18H27N3/c1-13(2)19-8-6-7-17-11-20-21(12-17)18-15(4)9-14(3)10-16(18)5/h9-13,19H,6-8H2,1-5H3. The number of hydrogen-bond donors (Lipinski definition) is 1. The normalized spacial score (nSPS) is 11.3. The minimum Gasteiger partial charge on any atom is -0.315 e. The van der Waals surface area contributed by atoms with E-state index in [9.17, 15) is 0 Å². The molecule has 0 bridgehead atoms. The van der Waals surface area contributed by atoms with Gasteiger partial charge in [0.2, 0.25) is 0 Å². The maximum atomic E-state index is 4.55. The van der Waals surface area contributed by atoms with Gasteiger partial charge in [-0.1, -0.05) is 31.5 Å². The lowest BCUT2D eigenvalue weighted by atomic mass is 10.1. The van der Waals surface area contributed by atoms with Crippen LogP contribution < -0.4 is 5.32 Å². The van der Waals surface area contributed by atoms with Gasteiger partial charge in [-0.15, -0.1) is 0 Å². The third-order valence-electron chi connectivity index (χ3n) is 3.70. The Bertz CT molecular complexity index is 573. The Labute approximate surface area is 128 Å². The van der Waals surface area contributed by atoms with E-state index in [1.165, 1.54) is 27.9 Å². The smallest absolute Gasteiger partial charge is 0.0704 e. The molecular weight excluding hydrogens is 258 g/mol. The van der Waals surface area contributed by atoms with Gasteiger partial charge in [-0.25, -0.2) is 4.68 Å². The largest absolute Gasteiger partial charge is 0.315 e. The molecule has 21 heavy (non-hydrogen) atoms. The maximum Gasteiger partial charge on any atom is 0.0704 e. The summed E-state index contributed by atoms with van der Waals surface area (Å²) >= 11 is 0. The SMILES string of the molecule is Cc1cc(C)c(-n2cc(CCCNC(C)C)cn2)c(C)c1. The van der Waals surface area contributed by atoms with Gasteiger partial charge in [-0.05, 0) is 56.8 Å². The molecule has 0 spiro atoms. The molecule has 0 saturated carbocycles. The molecule has 0 radical (unpaired) electrons. The lowest BCUT2D eigenvalue weighted by Crippen LogP contribution is -2.23. The minimum atomic E-state index is 0.561. The first-order valence-electron chi connectivity index (χ1n) is 7.82. The van der Waals surface area contributed by atoms with Crippen LogP contribution in [-0.4, -0.2) is 22.4 Å². The second-order valence-corrected chi connectivity index (χ2v) is 6.25. The molecule has 2 rings (SSSR count). The van der Waals surface area contributed by atoms with Gasteiger partial charge in [-0.2, -0.15) is 5.10 Å². The second-order valence-electron chi connectivity index (χ2n) is 6.25. The highest BCUT2D eigenvalue weighted by Crippen LogP contribution is 2.20. The molecule has 114 valence electrons. The summed E-state index contributed by atoms with van der Waals surface area (Å²) in [5.74, 6) is 0. The number of benzene rings is 1. The predicted octanol–water partition coefficient (Wildman–Crippen LogP) is 3.73. The number of hydrogen-bond acceptors (Lipinski definition) is 2. The van der Waals surface area contributed by atoms with E-state index < -0.39 is 0 Å². The first-order chi connectivity index (χ1) is 9.97. The molecule has 0 aliphatic heterocycles. The summed E-state index contributed by atoms with van der Waals surface area (Å²) < 4.78 is 2.02. The summed E-state index contributed by atoms with van der Waals surface area (Å²) in [6, 6.07) is 5.00. The molecule has 3 nitrogen and oxygen atoms in total. The van der Waals surface area contributed by atoms with Gasteiger partial charge in [0.1, 0.15) is 0 Å². The average Bonchev–Trinajstić information content (AvgIpc) is 2.81. The number of nitrogens with zero attached hydrogens (tertiary/aromatic N) is 2. The van der Waals surface area contributed by atoms with E-state index in [2.05, 4.69) is 63.4 Å². The van der Waals surface area contributed by atoms with Crippen LogP contribution in [0, 0.1) is 20.8 Å². The molecule has 0 amide bonds. The van der Waals surface area contributed by atoms with Crippen LogP contribution in [0.25, 0.3) is 5.69 Å². The summed E-state index contributed by atoms with van der Waals surface area (Å²) in [6.07, 6.45) is 6.38. The second kappa shape index (κ2) is 6.90. The predicted molar refractivity (Wildman–Crippen MR) is 89.2 cm³/mol. The van der Waals surface area contributed by atoms with Crippen molar-refractivity contribution in [3.05, 3.63) is 46.8 Å². The van der Waals surface area contributed by atoms with Crippen molar-refractivity contribution in [2.75, 3.05) is 6.54 Å². The summed E-state index contributed by atoms with van der Waals surface area (Å²) in [7, 11) is 0.